The Hall–Kier alpha value is -1.16. The van der Waals surface area contributed by atoms with E-state index in [-0.39, 0.29) is 0 Å². The van der Waals surface area contributed by atoms with E-state index in [1.165, 1.54) is 0 Å². The van der Waals surface area contributed by atoms with Gasteiger partial charge >= 0.3 is 25.6 Å². The van der Waals surface area contributed by atoms with E-state index in [9.17, 15) is 24.7 Å². The quantitative estimate of drug-likeness (QED) is 0.335. The number of hydrogen-bond donors (Lipinski definition) is 4. The summed E-state index contributed by atoms with van der Waals surface area (Å²) >= 11 is 0. The van der Waals surface area contributed by atoms with Crippen molar-refractivity contribution in [2.24, 2.45) is 0 Å². The Kier molecular flexibility index (Phi) is 1.70. The number of carbonyl (C=O) groups is 1. The number of ether oxygens (including phenoxy) is 1. The van der Waals surface area contributed by atoms with E-state index in [0.29, 0.717) is 0 Å². The Morgan fingerprint density at radius 1 is 1.18 bits per heavy atom. The lowest BCUT2D eigenvalue weighted by Crippen LogP contribution is -2.60. The van der Waals surface area contributed by atoms with Gasteiger partial charge < -0.3 is 25.2 Å². The minimum absolute atomic E-state index is 1.10. The zero-order valence-corrected chi connectivity index (χ0v) is 8.66. The molecule has 3 saturated heterocycles. The first kappa shape index (κ1) is 11.0. The van der Waals surface area contributed by atoms with Crippen molar-refractivity contribution in [3.8, 4) is 0 Å². The van der Waals surface area contributed by atoms with Crippen LogP contribution in [-0.2, 0) is 27.7 Å². The molecule has 2 bridgehead atoms. The molecule has 94 valence electrons. The summed E-state index contributed by atoms with van der Waals surface area (Å²) in [6, 6.07) is 0. The fourth-order valence-electron chi connectivity index (χ4n) is 1.63. The lowest BCUT2D eigenvalue weighted by molar-refractivity contribution is -0.407. The molecule has 0 aromatic carbocycles. The Balaban J connectivity index is 2.02. The number of cyclic esters (lactones) is 1. The molecule has 0 radical (unpaired) electrons. The summed E-state index contributed by atoms with van der Waals surface area (Å²) in [5, 5.41) is 37.7. The Bertz CT molecular complexity index is 499. The minimum Gasteiger partial charge on any atom is -0.505 e. The van der Waals surface area contributed by atoms with Gasteiger partial charge in [0, 0.05) is 0 Å². The highest BCUT2D eigenvalue weighted by Crippen LogP contribution is 2.77. The molecule has 0 saturated carbocycles. The third kappa shape index (κ3) is 1.07. The van der Waals surface area contributed by atoms with Crippen LogP contribution in [0.1, 0.15) is 0 Å². The third-order valence-corrected chi connectivity index (χ3v) is 3.88. The molecule has 3 fully saturated rings. The molecule has 0 spiro atoms. The van der Waals surface area contributed by atoms with Crippen LogP contribution in [0.25, 0.3) is 0 Å². The highest BCUT2D eigenvalue weighted by Gasteiger charge is 2.84. The fourth-order valence-corrected chi connectivity index (χ4v) is 3.14. The van der Waals surface area contributed by atoms with Crippen LogP contribution in [0.3, 0.4) is 0 Å². The molecule has 10 nitrogen and oxygen atoms in total. The van der Waals surface area contributed by atoms with Crippen LogP contribution in [-0.4, -0.2) is 44.3 Å². The van der Waals surface area contributed by atoms with Gasteiger partial charge in [0.15, 0.2) is 5.76 Å². The molecule has 0 unspecified atom stereocenters. The zero-order chi connectivity index (χ0) is 12.6. The highest BCUT2D eigenvalue weighted by molar-refractivity contribution is 7.50. The fraction of sp³-hybridized carbons (Fsp3) is 0.500. The van der Waals surface area contributed by atoms with Crippen LogP contribution in [0.2, 0.25) is 0 Å². The predicted octanol–water partition coefficient (Wildman–Crippen LogP) is -1.24. The van der Waals surface area contributed by atoms with E-state index in [2.05, 4.69) is 18.3 Å². The number of phosphoric acid groups is 1. The van der Waals surface area contributed by atoms with Crippen LogP contribution >= 0.6 is 7.82 Å². The van der Waals surface area contributed by atoms with Gasteiger partial charge in [-0.05, 0) is 0 Å². The third-order valence-electron chi connectivity index (χ3n) is 2.44. The maximum absolute atomic E-state index is 11.2. The molecule has 4 heterocycles. The van der Waals surface area contributed by atoms with Crippen LogP contribution < -0.4 is 0 Å². The molecule has 11 heteroatoms. The van der Waals surface area contributed by atoms with Gasteiger partial charge in [-0.25, -0.2) is 22.9 Å². The lowest BCUT2D eigenvalue weighted by atomic mass is 10.1. The monoisotopic (exact) mass is 268 g/mol. The van der Waals surface area contributed by atoms with Crippen LogP contribution in [0, 0.1) is 0 Å². The summed E-state index contributed by atoms with van der Waals surface area (Å²) in [5.41, 5.74) is 0. The van der Waals surface area contributed by atoms with Crippen LogP contribution in [0.15, 0.2) is 11.5 Å². The summed E-state index contributed by atoms with van der Waals surface area (Å²) in [6.07, 6.45) is -2.02. The van der Waals surface area contributed by atoms with Crippen LogP contribution in [0.5, 0.6) is 0 Å². The number of carbonyl (C=O) groups excluding carboxylic acids is 1. The van der Waals surface area contributed by atoms with Gasteiger partial charge in [0.2, 0.25) is 11.9 Å². The van der Waals surface area contributed by atoms with Gasteiger partial charge in [0.05, 0.1) is 0 Å². The van der Waals surface area contributed by atoms with E-state index in [4.69, 9.17) is 5.11 Å². The molecule has 0 aliphatic carbocycles. The number of fused-ring (bicyclic) bond motifs is 1. The number of phosphoric ester groups is 1. The maximum Gasteiger partial charge on any atom is 0.486 e. The molecule has 4 aliphatic heterocycles. The minimum atomic E-state index is -4.11. The van der Waals surface area contributed by atoms with Gasteiger partial charge in [-0.2, -0.15) is 0 Å². The summed E-state index contributed by atoms with van der Waals surface area (Å²) in [6.45, 7) is 0. The summed E-state index contributed by atoms with van der Waals surface area (Å²) in [7, 11) is -4.11. The molecule has 4 rings (SSSR count). The van der Waals surface area contributed by atoms with Crippen LogP contribution in [0.4, 0.5) is 0 Å². The number of esters is 1. The molecule has 0 amide bonds. The summed E-state index contributed by atoms with van der Waals surface area (Å²) < 4.78 is 28.6. The standard InChI is InChI=1S/C6H5O10P/c7-1-2(8)4(9)13-3(1)5(10)6(11)15-17(12,14-5)16-6/h3,7-8,10-11H/t3-,5-,6?,17?/m0/s1. The molecule has 4 aliphatic rings. The van der Waals surface area contributed by atoms with Crippen molar-refractivity contribution < 1.29 is 48.1 Å². The number of hydrogen-bond acceptors (Lipinski definition) is 10. The predicted molar refractivity (Wildman–Crippen MR) is 42.9 cm³/mol. The van der Waals surface area contributed by atoms with Crippen molar-refractivity contribution in [1.82, 2.24) is 0 Å². The largest absolute Gasteiger partial charge is 0.505 e. The van der Waals surface area contributed by atoms with Crippen molar-refractivity contribution >= 4 is 13.8 Å². The van der Waals surface area contributed by atoms with Crippen molar-refractivity contribution in [2.75, 3.05) is 0 Å². The van der Waals surface area contributed by atoms with Gasteiger partial charge in [-0.1, -0.05) is 0 Å². The number of rotatable bonds is 1. The van der Waals surface area contributed by atoms with E-state index >= 15 is 0 Å². The first-order valence-electron chi connectivity index (χ1n) is 4.21. The van der Waals surface area contributed by atoms with E-state index in [0.717, 1.165) is 0 Å². The van der Waals surface area contributed by atoms with Gasteiger partial charge in [-0.3, -0.25) is 0 Å². The molecule has 0 aromatic rings. The van der Waals surface area contributed by atoms with Crippen molar-refractivity contribution in [1.29, 1.82) is 0 Å². The van der Waals surface area contributed by atoms with Gasteiger partial charge in [-0.15, -0.1) is 0 Å². The molecule has 2 atom stereocenters. The Morgan fingerprint density at radius 2 is 1.76 bits per heavy atom. The lowest BCUT2D eigenvalue weighted by Gasteiger charge is -2.34. The molecular formula is C6H5O10P. The SMILES string of the molecule is O=C1O[C@H]([C@]2(O)OP3(=O)OC2(O)O3)C(O)=C1O. The summed E-state index contributed by atoms with van der Waals surface area (Å²) in [4.78, 5) is 10.9. The second kappa shape index (κ2) is 2.64. The normalized spacial score (nSPS) is 52.6. The smallest absolute Gasteiger partial charge is 0.486 e. The van der Waals surface area contributed by atoms with E-state index < -0.39 is 43.2 Å². The first-order chi connectivity index (χ1) is 7.71. The first-order valence-corrected chi connectivity index (χ1v) is 5.67. The second-order valence-electron chi connectivity index (χ2n) is 3.52. The molecule has 0 aromatic heterocycles. The maximum atomic E-state index is 11.2. The van der Waals surface area contributed by atoms with E-state index in [1.54, 1.807) is 0 Å². The van der Waals surface area contributed by atoms with Crippen molar-refractivity contribution in [2.45, 2.75) is 17.9 Å². The van der Waals surface area contributed by atoms with Crippen molar-refractivity contribution in [3.63, 3.8) is 0 Å². The average Bonchev–Trinajstić information content (AvgIpc) is 2.62. The van der Waals surface area contributed by atoms with Gasteiger partial charge in [0.25, 0.3) is 0 Å². The molecule has 4 N–H and O–H groups in total. The second-order valence-corrected chi connectivity index (χ2v) is 4.96. The van der Waals surface area contributed by atoms with Gasteiger partial charge in [0.1, 0.15) is 0 Å². The Labute approximate surface area is 92.2 Å². The Morgan fingerprint density at radius 3 is 2.12 bits per heavy atom. The van der Waals surface area contributed by atoms with E-state index in [1.807, 2.05) is 0 Å². The highest BCUT2D eigenvalue weighted by atomic mass is 31.2. The topological polar surface area (TPSA) is 152 Å². The molecular weight excluding hydrogens is 263 g/mol. The summed E-state index contributed by atoms with van der Waals surface area (Å²) in [5.74, 6) is -9.38. The number of aliphatic hydroxyl groups is 4. The number of aliphatic hydroxyl groups excluding tert-OH is 2. The zero-order valence-electron chi connectivity index (χ0n) is 7.76. The van der Waals surface area contributed by atoms with Crippen molar-refractivity contribution in [3.05, 3.63) is 11.5 Å². The molecule has 17 heavy (non-hydrogen) atoms. The average molecular weight is 268 g/mol.